The Labute approximate surface area is 154 Å². The maximum absolute atomic E-state index is 6.12. The van der Waals surface area contributed by atoms with Crippen molar-refractivity contribution in [2.24, 2.45) is 0 Å². The van der Waals surface area contributed by atoms with Crippen molar-refractivity contribution in [3.8, 4) is 5.75 Å². The predicted molar refractivity (Wildman–Crippen MR) is 107 cm³/mol. The molecular formula is C24H21NO. The molecule has 26 heavy (non-hydrogen) atoms. The molecule has 0 saturated heterocycles. The number of fused-ring (bicyclic) bond motifs is 3. The standard InChI is InChI=1S/C24H21NO/c1-15-7-10-17(11-8-15)23-19-13-16(2)9-12-21(19)25-24-18-5-3-4-6-22(18)26-14-20(23)24/h3-13,23,25H,14H2,1-2H3. The van der Waals surface area contributed by atoms with Crippen LogP contribution in [0.5, 0.6) is 5.75 Å². The molecule has 2 aliphatic heterocycles. The number of hydrogen-bond donors (Lipinski definition) is 1. The van der Waals surface area contributed by atoms with E-state index < -0.39 is 0 Å². The van der Waals surface area contributed by atoms with Gasteiger partial charge in [0, 0.05) is 22.7 Å². The minimum absolute atomic E-state index is 0.218. The summed E-state index contributed by atoms with van der Waals surface area (Å²) in [6.07, 6.45) is 0. The Morgan fingerprint density at radius 1 is 0.885 bits per heavy atom. The second kappa shape index (κ2) is 5.77. The molecule has 0 fully saturated rings. The minimum Gasteiger partial charge on any atom is -0.488 e. The van der Waals surface area contributed by atoms with Gasteiger partial charge >= 0.3 is 0 Å². The van der Waals surface area contributed by atoms with Crippen LogP contribution in [0.15, 0.2) is 72.3 Å². The highest BCUT2D eigenvalue weighted by atomic mass is 16.5. The second-order valence-corrected chi connectivity index (χ2v) is 7.24. The number of para-hydroxylation sites is 1. The molecule has 0 aliphatic carbocycles. The highest BCUT2D eigenvalue weighted by Gasteiger charge is 2.33. The zero-order chi connectivity index (χ0) is 17.7. The van der Waals surface area contributed by atoms with Gasteiger partial charge in [-0.05, 0) is 43.2 Å². The van der Waals surface area contributed by atoms with Gasteiger partial charge in [0.05, 0.1) is 5.70 Å². The zero-order valence-corrected chi connectivity index (χ0v) is 15.0. The Morgan fingerprint density at radius 2 is 1.65 bits per heavy atom. The topological polar surface area (TPSA) is 21.3 Å². The highest BCUT2D eigenvalue weighted by Crippen LogP contribution is 2.47. The molecule has 0 bridgehead atoms. The average molecular weight is 339 g/mol. The summed E-state index contributed by atoms with van der Waals surface area (Å²) < 4.78 is 6.12. The molecular weight excluding hydrogens is 318 g/mol. The lowest BCUT2D eigenvalue weighted by molar-refractivity contribution is 0.339. The lowest BCUT2D eigenvalue weighted by Gasteiger charge is -2.36. The molecule has 3 aromatic carbocycles. The molecule has 2 heterocycles. The molecule has 5 rings (SSSR count). The van der Waals surface area contributed by atoms with Crippen LogP contribution >= 0.6 is 0 Å². The first kappa shape index (κ1) is 15.3. The van der Waals surface area contributed by atoms with Crippen LogP contribution in [-0.4, -0.2) is 6.61 Å². The number of nitrogens with one attached hydrogen (secondary N) is 1. The fourth-order valence-corrected chi connectivity index (χ4v) is 4.07. The molecule has 2 aliphatic rings. The van der Waals surface area contributed by atoms with E-state index in [4.69, 9.17) is 4.74 Å². The van der Waals surface area contributed by atoms with Gasteiger partial charge in [0.2, 0.25) is 0 Å². The number of hydrogen-bond acceptors (Lipinski definition) is 2. The van der Waals surface area contributed by atoms with Crippen LogP contribution in [0.1, 0.15) is 33.7 Å². The van der Waals surface area contributed by atoms with E-state index in [1.165, 1.54) is 39.2 Å². The molecule has 0 amide bonds. The molecule has 2 nitrogen and oxygen atoms in total. The van der Waals surface area contributed by atoms with Gasteiger partial charge in [-0.15, -0.1) is 0 Å². The maximum Gasteiger partial charge on any atom is 0.129 e. The van der Waals surface area contributed by atoms with E-state index >= 15 is 0 Å². The number of anilines is 1. The third-order valence-corrected chi connectivity index (χ3v) is 5.40. The third kappa shape index (κ3) is 2.33. The quantitative estimate of drug-likeness (QED) is 0.617. The largest absolute Gasteiger partial charge is 0.488 e. The molecule has 2 heteroatoms. The first-order valence-electron chi connectivity index (χ1n) is 9.10. The van der Waals surface area contributed by atoms with Crippen LogP contribution in [0.2, 0.25) is 0 Å². The van der Waals surface area contributed by atoms with E-state index in [-0.39, 0.29) is 5.92 Å². The molecule has 3 aromatic rings. The summed E-state index contributed by atoms with van der Waals surface area (Å²) in [7, 11) is 0. The van der Waals surface area contributed by atoms with Crippen molar-refractivity contribution in [3.05, 3.63) is 100 Å². The van der Waals surface area contributed by atoms with Gasteiger partial charge in [-0.2, -0.15) is 0 Å². The van der Waals surface area contributed by atoms with Gasteiger partial charge in [-0.25, -0.2) is 0 Å². The van der Waals surface area contributed by atoms with Crippen LogP contribution in [0, 0.1) is 13.8 Å². The predicted octanol–water partition coefficient (Wildman–Crippen LogP) is 5.66. The normalized spacial score (nSPS) is 17.5. The zero-order valence-electron chi connectivity index (χ0n) is 15.0. The van der Waals surface area contributed by atoms with Crippen LogP contribution in [0.4, 0.5) is 5.69 Å². The van der Waals surface area contributed by atoms with E-state index in [0.29, 0.717) is 6.61 Å². The Bertz CT molecular complexity index is 1030. The van der Waals surface area contributed by atoms with Crippen molar-refractivity contribution < 1.29 is 4.74 Å². The molecule has 128 valence electrons. The van der Waals surface area contributed by atoms with Gasteiger partial charge in [-0.3, -0.25) is 0 Å². The van der Waals surface area contributed by atoms with Gasteiger partial charge in [0.1, 0.15) is 12.4 Å². The third-order valence-electron chi connectivity index (χ3n) is 5.40. The molecule has 0 saturated carbocycles. The Balaban J connectivity index is 1.75. The van der Waals surface area contributed by atoms with Crippen molar-refractivity contribution in [2.75, 3.05) is 11.9 Å². The lowest BCUT2D eigenvalue weighted by Crippen LogP contribution is -2.25. The van der Waals surface area contributed by atoms with E-state index in [1.54, 1.807) is 0 Å². The summed E-state index contributed by atoms with van der Waals surface area (Å²) >= 11 is 0. The van der Waals surface area contributed by atoms with Crippen LogP contribution < -0.4 is 10.1 Å². The lowest BCUT2D eigenvalue weighted by atomic mass is 9.78. The fraction of sp³-hybridized carbons (Fsp3) is 0.167. The van der Waals surface area contributed by atoms with Crippen molar-refractivity contribution >= 4 is 11.4 Å². The Hall–Kier alpha value is -3.00. The molecule has 1 unspecified atom stereocenters. The van der Waals surface area contributed by atoms with Gasteiger partial charge in [0.25, 0.3) is 0 Å². The minimum atomic E-state index is 0.218. The van der Waals surface area contributed by atoms with Crippen molar-refractivity contribution in [1.82, 2.24) is 0 Å². The Morgan fingerprint density at radius 3 is 2.50 bits per heavy atom. The SMILES string of the molecule is Cc1ccc(C2C3=C(Nc4ccc(C)cc42)c2ccccc2OC3)cc1. The highest BCUT2D eigenvalue weighted by molar-refractivity contribution is 5.89. The molecule has 1 N–H and O–H groups in total. The number of ether oxygens (including phenoxy) is 1. The summed E-state index contributed by atoms with van der Waals surface area (Å²) in [5.74, 6) is 1.17. The summed E-state index contributed by atoms with van der Waals surface area (Å²) in [6, 6.07) is 23.9. The van der Waals surface area contributed by atoms with Gasteiger partial charge in [-0.1, -0.05) is 59.7 Å². The van der Waals surface area contributed by atoms with E-state index in [0.717, 1.165) is 11.3 Å². The van der Waals surface area contributed by atoms with Crippen LogP contribution in [-0.2, 0) is 0 Å². The number of rotatable bonds is 1. The number of benzene rings is 3. The van der Waals surface area contributed by atoms with E-state index in [9.17, 15) is 0 Å². The first-order chi connectivity index (χ1) is 12.7. The molecule has 0 aromatic heterocycles. The van der Waals surface area contributed by atoms with Crippen molar-refractivity contribution in [1.29, 1.82) is 0 Å². The fourth-order valence-electron chi connectivity index (χ4n) is 4.07. The summed E-state index contributed by atoms with van der Waals surface area (Å²) in [6.45, 7) is 4.91. The van der Waals surface area contributed by atoms with Crippen LogP contribution in [0.25, 0.3) is 5.70 Å². The number of aryl methyl sites for hydroxylation is 2. The summed E-state index contributed by atoms with van der Waals surface area (Å²) in [5.41, 5.74) is 10.1. The van der Waals surface area contributed by atoms with Crippen molar-refractivity contribution in [2.45, 2.75) is 19.8 Å². The smallest absolute Gasteiger partial charge is 0.129 e. The molecule has 0 radical (unpaired) electrons. The van der Waals surface area contributed by atoms with E-state index in [2.05, 4.69) is 73.8 Å². The van der Waals surface area contributed by atoms with E-state index in [1.807, 2.05) is 12.1 Å². The summed E-state index contributed by atoms with van der Waals surface area (Å²) in [5, 5.41) is 3.69. The molecule has 0 spiro atoms. The first-order valence-corrected chi connectivity index (χ1v) is 9.10. The average Bonchev–Trinajstić information content (AvgIpc) is 2.67. The van der Waals surface area contributed by atoms with Gasteiger partial charge < -0.3 is 10.1 Å². The van der Waals surface area contributed by atoms with Gasteiger partial charge in [0.15, 0.2) is 0 Å². The monoisotopic (exact) mass is 339 g/mol. The van der Waals surface area contributed by atoms with Crippen LogP contribution in [0.3, 0.4) is 0 Å². The second-order valence-electron chi connectivity index (χ2n) is 7.24. The molecule has 1 atom stereocenters. The Kier molecular flexibility index (Phi) is 3.39. The van der Waals surface area contributed by atoms with Crippen molar-refractivity contribution in [3.63, 3.8) is 0 Å². The summed E-state index contributed by atoms with van der Waals surface area (Å²) in [4.78, 5) is 0. The maximum atomic E-state index is 6.12.